The summed E-state index contributed by atoms with van der Waals surface area (Å²) in [7, 11) is 0. The van der Waals surface area contributed by atoms with Gasteiger partial charge in [-0.1, -0.05) is 15.9 Å². The topological polar surface area (TPSA) is 24.1 Å². The highest BCUT2D eigenvalue weighted by atomic mass is 79.9. The van der Waals surface area contributed by atoms with Crippen LogP contribution in [-0.2, 0) is 0 Å². The maximum Gasteiger partial charge on any atom is 0.146 e. The summed E-state index contributed by atoms with van der Waals surface area (Å²) in [6, 6.07) is 4.99. The second kappa shape index (κ2) is 6.36. The number of benzene rings is 1. The van der Waals surface area contributed by atoms with Crippen LogP contribution in [0.1, 0.15) is 19.3 Å². The lowest BCUT2D eigenvalue weighted by Crippen LogP contribution is -2.28. The predicted molar refractivity (Wildman–Crippen MR) is 72.8 cm³/mol. The molecule has 17 heavy (non-hydrogen) atoms. The number of halogens is 2. The molecule has 1 heterocycles. The Morgan fingerprint density at radius 1 is 1.35 bits per heavy atom. The Balaban J connectivity index is 1.79. The van der Waals surface area contributed by atoms with Crippen LogP contribution >= 0.6 is 15.9 Å². The third-order valence-electron chi connectivity index (χ3n) is 3.26. The van der Waals surface area contributed by atoms with Gasteiger partial charge in [0.05, 0.1) is 5.69 Å². The zero-order chi connectivity index (χ0) is 12.1. The van der Waals surface area contributed by atoms with Crippen LogP contribution in [0.4, 0.5) is 10.1 Å². The van der Waals surface area contributed by atoms with Gasteiger partial charge in [0.25, 0.3) is 0 Å². The van der Waals surface area contributed by atoms with Crippen molar-refractivity contribution in [2.75, 3.05) is 25.0 Å². The second-order valence-electron chi connectivity index (χ2n) is 4.53. The van der Waals surface area contributed by atoms with E-state index in [0.29, 0.717) is 5.69 Å². The second-order valence-corrected chi connectivity index (χ2v) is 5.45. The van der Waals surface area contributed by atoms with Crippen molar-refractivity contribution in [1.82, 2.24) is 5.32 Å². The van der Waals surface area contributed by atoms with Crippen molar-refractivity contribution >= 4 is 21.6 Å². The molecule has 0 unspecified atom stereocenters. The fourth-order valence-corrected chi connectivity index (χ4v) is 2.58. The zero-order valence-corrected chi connectivity index (χ0v) is 11.4. The molecular formula is C13H18BrFN2. The lowest BCUT2D eigenvalue weighted by atomic mass is 9.95. The van der Waals surface area contributed by atoms with Crippen LogP contribution in [0.2, 0.25) is 0 Å². The van der Waals surface area contributed by atoms with Crippen LogP contribution in [0.3, 0.4) is 0 Å². The van der Waals surface area contributed by atoms with Crippen LogP contribution in [0, 0.1) is 11.7 Å². The van der Waals surface area contributed by atoms with Crippen molar-refractivity contribution < 1.29 is 4.39 Å². The van der Waals surface area contributed by atoms with Gasteiger partial charge in [-0.25, -0.2) is 4.39 Å². The molecule has 4 heteroatoms. The van der Waals surface area contributed by atoms with Gasteiger partial charge in [-0.05, 0) is 56.5 Å². The molecule has 0 aliphatic carbocycles. The van der Waals surface area contributed by atoms with E-state index in [0.717, 1.165) is 36.4 Å². The Kier molecular flexibility index (Phi) is 4.80. The summed E-state index contributed by atoms with van der Waals surface area (Å²) in [6.45, 7) is 3.09. The number of piperidine rings is 1. The first-order chi connectivity index (χ1) is 8.25. The molecule has 1 aliphatic rings. The van der Waals surface area contributed by atoms with E-state index in [1.165, 1.54) is 18.9 Å². The molecule has 0 spiro atoms. The molecule has 0 atom stereocenters. The van der Waals surface area contributed by atoms with Gasteiger partial charge in [0, 0.05) is 11.0 Å². The molecule has 94 valence electrons. The van der Waals surface area contributed by atoms with Crippen molar-refractivity contribution in [2.24, 2.45) is 5.92 Å². The van der Waals surface area contributed by atoms with Gasteiger partial charge < -0.3 is 10.6 Å². The zero-order valence-electron chi connectivity index (χ0n) is 9.81. The largest absolute Gasteiger partial charge is 0.383 e. The van der Waals surface area contributed by atoms with Crippen molar-refractivity contribution in [1.29, 1.82) is 0 Å². The highest BCUT2D eigenvalue weighted by Crippen LogP contribution is 2.21. The molecule has 0 radical (unpaired) electrons. The molecule has 0 saturated carbocycles. The van der Waals surface area contributed by atoms with Gasteiger partial charge in [-0.3, -0.25) is 0 Å². The van der Waals surface area contributed by atoms with Gasteiger partial charge in [-0.15, -0.1) is 0 Å². The van der Waals surface area contributed by atoms with E-state index in [1.807, 2.05) is 0 Å². The number of nitrogens with one attached hydrogen (secondary N) is 2. The van der Waals surface area contributed by atoms with Gasteiger partial charge >= 0.3 is 0 Å². The third-order valence-corrected chi connectivity index (χ3v) is 3.75. The quantitative estimate of drug-likeness (QED) is 0.891. The first kappa shape index (κ1) is 12.8. The minimum Gasteiger partial charge on any atom is -0.383 e. The average Bonchev–Trinajstić information content (AvgIpc) is 2.35. The fraction of sp³-hybridized carbons (Fsp3) is 0.538. The highest BCUT2D eigenvalue weighted by molar-refractivity contribution is 9.10. The van der Waals surface area contributed by atoms with Gasteiger partial charge in [0.1, 0.15) is 5.82 Å². The van der Waals surface area contributed by atoms with E-state index in [4.69, 9.17) is 0 Å². The number of hydrogen-bond donors (Lipinski definition) is 2. The average molecular weight is 301 g/mol. The summed E-state index contributed by atoms with van der Waals surface area (Å²) in [5, 5.41) is 6.53. The van der Waals surface area contributed by atoms with E-state index in [1.54, 1.807) is 12.1 Å². The van der Waals surface area contributed by atoms with Crippen LogP contribution in [0.15, 0.2) is 22.7 Å². The molecule has 0 bridgehead atoms. The molecule has 0 aromatic heterocycles. The van der Waals surface area contributed by atoms with E-state index in [-0.39, 0.29) is 5.82 Å². The number of rotatable bonds is 4. The fourth-order valence-electron chi connectivity index (χ4n) is 2.21. The van der Waals surface area contributed by atoms with Crippen molar-refractivity contribution in [3.05, 3.63) is 28.5 Å². The highest BCUT2D eigenvalue weighted by Gasteiger charge is 2.12. The molecule has 1 aromatic rings. The molecule has 2 N–H and O–H groups in total. The van der Waals surface area contributed by atoms with Crippen molar-refractivity contribution in [3.63, 3.8) is 0 Å². The Hall–Kier alpha value is -0.610. The molecule has 0 amide bonds. The van der Waals surface area contributed by atoms with Crippen molar-refractivity contribution in [3.8, 4) is 0 Å². The van der Waals surface area contributed by atoms with Gasteiger partial charge in [0.15, 0.2) is 0 Å². The predicted octanol–water partition coefficient (Wildman–Crippen LogP) is 3.39. The summed E-state index contributed by atoms with van der Waals surface area (Å²) >= 11 is 3.35. The van der Waals surface area contributed by atoms with Gasteiger partial charge in [0.2, 0.25) is 0 Å². The van der Waals surface area contributed by atoms with Gasteiger partial charge in [-0.2, -0.15) is 0 Å². The molecular weight excluding hydrogens is 283 g/mol. The van der Waals surface area contributed by atoms with Crippen LogP contribution in [0.5, 0.6) is 0 Å². The summed E-state index contributed by atoms with van der Waals surface area (Å²) in [5.74, 6) is 0.595. The molecule has 1 aliphatic heterocycles. The minimum absolute atomic E-state index is 0.182. The smallest absolute Gasteiger partial charge is 0.146 e. The lowest BCUT2D eigenvalue weighted by Gasteiger charge is -2.22. The molecule has 1 aromatic carbocycles. The minimum atomic E-state index is -0.182. The molecule has 1 fully saturated rings. The number of anilines is 1. The molecule has 2 rings (SSSR count). The van der Waals surface area contributed by atoms with E-state index < -0.39 is 0 Å². The van der Waals surface area contributed by atoms with Crippen molar-refractivity contribution in [2.45, 2.75) is 19.3 Å². The Labute approximate surface area is 110 Å². The monoisotopic (exact) mass is 300 g/mol. The molecule has 1 saturated heterocycles. The van der Waals surface area contributed by atoms with E-state index in [9.17, 15) is 4.39 Å². The summed E-state index contributed by atoms with van der Waals surface area (Å²) in [5.41, 5.74) is 0.591. The Morgan fingerprint density at radius 3 is 2.88 bits per heavy atom. The van der Waals surface area contributed by atoms with E-state index in [2.05, 4.69) is 26.6 Å². The summed E-state index contributed by atoms with van der Waals surface area (Å²) in [4.78, 5) is 0. The summed E-state index contributed by atoms with van der Waals surface area (Å²) in [6.07, 6.45) is 3.60. The Morgan fingerprint density at radius 2 is 2.12 bits per heavy atom. The van der Waals surface area contributed by atoms with Crippen LogP contribution in [-0.4, -0.2) is 19.6 Å². The SMILES string of the molecule is Fc1ccc(Br)cc1NCCC1CCNCC1. The molecule has 2 nitrogen and oxygen atoms in total. The van der Waals surface area contributed by atoms with E-state index >= 15 is 0 Å². The summed E-state index contributed by atoms with van der Waals surface area (Å²) < 4.78 is 14.3. The first-order valence-electron chi connectivity index (χ1n) is 6.15. The first-order valence-corrected chi connectivity index (χ1v) is 6.94. The Bertz CT molecular complexity index is 364. The maximum absolute atomic E-state index is 13.4. The maximum atomic E-state index is 13.4. The number of hydrogen-bond acceptors (Lipinski definition) is 2. The standard InChI is InChI=1S/C13H18BrFN2/c14-11-1-2-12(15)13(9-11)17-8-5-10-3-6-16-7-4-10/h1-2,9-10,16-17H,3-8H2. The van der Waals surface area contributed by atoms with Crippen LogP contribution < -0.4 is 10.6 Å². The third kappa shape index (κ3) is 3.96. The van der Waals surface area contributed by atoms with Crippen LogP contribution in [0.25, 0.3) is 0 Å². The normalized spacial score (nSPS) is 17.1. The lowest BCUT2D eigenvalue weighted by molar-refractivity contribution is 0.361.